The Morgan fingerprint density at radius 3 is 2.64 bits per heavy atom. The molecule has 1 aromatic carbocycles. The molecule has 14 heavy (non-hydrogen) atoms. The van der Waals surface area contributed by atoms with Crippen LogP contribution in [-0.2, 0) is 6.42 Å². The topological polar surface area (TPSA) is 3.24 Å². The zero-order chi connectivity index (χ0) is 10.6. The molecular weight excluding hydrogens is 190 g/mol. The first kappa shape index (κ1) is 11.4. The van der Waals surface area contributed by atoms with Gasteiger partial charge in [0.05, 0.1) is 5.69 Å². The van der Waals surface area contributed by atoms with Gasteiger partial charge in [-0.25, -0.2) is 0 Å². The lowest BCUT2D eigenvalue weighted by atomic mass is 10.1. The Labute approximate surface area is 91.6 Å². The average Bonchev–Trinajstić information content (AvgIpc) is 2.63. The predicted octanol–water partition coefficient (Wildman–Crippen LogP) is 3.66. The van der Waals surface area contributed by atoms with Crippen molar-refractivity contribution < 1.29 is 0 Å². The van der Waals surface area contributed by atoms with E-state index in [4.69, 9.17) is 0 Å². The monoisotopic (exact) mass is 209 g/mol. The number of hydrogen-bond acceptors (Lipinski definition) is 2. The van der Waals surface area contributed by atoms with E-state index in [2.05, 4.69) is 35.7 Å². The Kier molecular flexibility index (Phi) is 4.33. The first-order valence-corrected chi connectivity index (χ1v) is 6.40. The summed E-state index contributed by atoms with van der Waals surface area (Å²) >= 11 is 1.82. The highest BCUT2D eigenvalue weighted by Crippen LogP contribution is 2.32. The highest BCUT2D eigenvalue weighted by Gasteiger charge is 2.17. The third-order valence-corrected chi connectivity index (χ3v) is 3.13. The molecular formula is C12H19NS. The molecule has 1 aliphatic rings. The maximum atomic E-state index is 2.36. The second kappa shape index (κ2) is 5.30. The molecule has 0 radical (unpaired) electrons. The maximum Gasteiger partial charge on any atom is 0.0505 e. The van der Waals surface area contributed by atoms with E-state index < -0.39 is 0 Å². The van der Waals surface area contributed by atoms with Crippen LogP contribution in [0.1, 0.15) is 25.0 Å². The number of nitrogens with zero attached hydrogens (tertiary/aromatic N) is 1. The second-order valence-electron chi connectivity index (χ2n) is 3.17. The number of aryl methyl sites for hydroxylation is 1. The van der Waals surface area contributed by atoms with Gasteiger partial charge in [0.2, 0.25) is 0 Å². The van der Waals surface area contributed by atoms with Crippen molar-refractivity contribution in [2.24, 2.45) is 0 Å². The molecule has 0 bridgehead atoms. The summed E-state index contributed by atoms with van der Waals surface area (Å²) in [5.74, 6) is 0. The fourth-order valence-electron chi connectivity index (χ4n) is 1.65. The standard InChI is InChI=1S/C10H13NS.C2H6/c1-8-3-4-9-5-6-11(12-2)10(9)7-8;1-2/h3-4,7H,5-6H2,1-2H3;1-2H3. The molecule has 0 saturated carbocycles. The largest absolute Gasteiger partial charge is 0.316 e. The van der Waals surface area contributed by atoms with Crippen molar-refractivity contribution in [3.05, 3.63) is 29.3 Å². The van der Waals surface area contributed by atoms with Gasteiger partial charge in [0, 0.05) is 12.8 Å². The van der Waals surface area contributed by atoms with E-state index >= 15 is 0 Å². The van der Waals surface area contributed by atoms with Gasteiger partial charge >= 0.3 is 0 Å². The van der Waals surface area contributed by atoms with Gasteiger partial charge in [-0.15, -0.1) is 0 Å². The summed E-state index contributed by atoms with van der Waals surface area (Å²) in [6.45, 7) is 7.32. The zero-order valence-corrected chi connectivity index (χ0v) is 10.3. The van der Waals surface area contributed by atoms with Crippen molar-refractivity contribution in [3.8, 4) is 0 Å². The summed E-state index contributed by atoms with van der Waals surface area (Å²) in [6.07, 6.45) is 3.34. The molecule has 1 aliphatic heterocycles. The number of benzene rings is 1. The smallest absolute Gasteiger partial charge is 0.0505 e. The van der Waals surface area contributed by atoms with Gasteiger partial charge < -0.3 is 4.31 Å². The van der Waals surface area contributed by atoms with Gasteiger partial charge in [0.15, 0.2) is 0 Å². The van der Waals surface area contributed by atoms with Crippen LogP contribution >= 0.6 is 11.9 Å². The summed E-state index contributed by atoms with van der Waals surface area (Å²) < 4.78 is 2.36. The highest BCUT2D eigenvalue weighted by atomic mass is 32.2. The molecule has 0 spiro atoms. The second-order valence-corrected chi connectivity index (χ2v) is 3.97. The van der Waals surface area contributed by atoms with E-state index in [0.717, 1.165) is 0 Å². The predicted molar refractivity (Wildman–Crippen MR) is 67.1 cm³/mol. The third kappa shape index (κ3) is 2.24. The van der Waals surface area contributed by atoms with E-state index in [1.54, 1.807) is 0 Å². The van der Waals surface area contributed by atoms with Crippen LogP contribution in [0.4, 0.5) is 5.69 Å². The lowest BCUT2D eigenvalue weighted by molar-refractivity contribution is 1.06. The van der Waals surface area contributed by atoms with Gasteiger partial charge in [0.1, 0.15) is 0 Å². The van der Waals surface area contributed by atoms with E-state index in [1.165, 1.54) is 29.8 Å². The average molecular weight is 209 g/mol. The number of anilines is 1. The number of fused-ring (bicyclic) bond motifs is 1. The van der Waals surface area contributed by atoms with Crippen LogP contribution in [0.25, 0.3) is 0 Å². The Morgan fingerprint density at radius 2 is 2.00 bits per heavy atom. The van der Waals surface area contributed by atoms with Crippen LogP contribution < -0.4 is 4.31 Å². The summed E-state index contributed by atoms with van der Waals surface area (Å²) in [7, 11) is 0. The molecule has 0 amide bonds. The number of rotatable bonds is 1. The molecule has 2 rings (SSSR count). The van der Waals surface area contributed by atoms with E-state index in [0.29, 0.717) is 0 Å². The van der Waals surface area contributed by atoms with Gasteiger partial charge in [0.25, 0.3) is 0 Å². The molecule has 0 aromatic heterocycles. The van der Waals surface area contributed by atoms with Crippen LogP contribution in [0.15, 0.2) is 18.2 Å². The highest BCUT2D eigenvalue weighted by molar-refractivity contribution is 8.00. The Morgan fingerprint density at radius 1 is 1.29 bits per heavy atom. The zero-order valence-electron chi connectivity index (χ0n) is 9.50. The molecule has 0 N–H and O–H groups in total. The van der Waals surface area contributed by atoms with Crippen LogP contribution in [0.3, 0.4) is 0 Å². The van der Waals surface area contributed by atoms with Crippen LogP contribution in [0, 0.1) is 6.92 Å². The normalized spacial score (nSPS) is 13.3. The molecule has 0 aliphatic carbocycles. The maximum absolute atomic E-state index is 2.36. The Balaban J connectivity index is 0.000000461. The van der Waals surface area contributed by atoms with Crippen molar-refractivity contribution in [2.75, 3.05) is 17.1 Å². The lowest BCUT2D eigenvalue weighted by Gasteiger charge is -2.14. The summed E-state index contributed by atoms with van der Waals surface area (Å²) in [4.78, 5) is 0. The van der Waals surface area contributed by atoms with Crippen molar-refractivity contribution in [2.45, 2.75) is 27.2 Å². The molecule has 0 fully saturated rings. The molecule has 0 atom stereocenters. The lowest BCUT2D eigenvalue weighted by Crippen LogP contribution is -2.08. The van der Waals surface area contributed by atoms with Gasteiger partial charge in [-0.1, -0.05) is 37.9 Å². The molecule has 2 heteroatoms. The molecule has 1 heterocycles. The summed E-state index contributed by atoms with van der Waals surface area (Å²) in [6, 6.07) is 6.72. The van der Waals surface area contributed by atoms with Crippen molar-refractivity contribution in [1.82, 2.24) is 0 Å². The van der Waals surface area contributed by atoms with Crippen molar-refractivity contribution in [3.63, 3.8) is 0 Å². The number of hydrogen-bond donors (Lipinski definition) is 0. The minimum absolute atomic E-state index is 1.17. The minimum atomic E-state index is 1.17. The minimum Gasteiger partial charge on any atom is -0.316 e. The van der Waals surface area contributed by atoms with Gasteiger partial charge in [-0.05, 0) is 30.5 Å². The SMILES string of the molecule is CC.CSN1CCc2ccc(C)cc21. The molecule has 78 valence electrons. The molecule has 1 nitrogen and oxygen atoms in total. The van der Waals surface area contributed by atoms with Crippen LogP contribution in [0.5, 0.6) is 0 Å². The van der Waals surface area contributed by atoms with Crippen molar-refractivity contribution in [1.29, 1.82) is 0 Å². The Hall–Kier alpha value is -0.630. The molecule has 0 saturated heterocycles. The van der Waals surface area contributed by atoms with Gasteiger partial charge in [-0.3, -0.25) is 0 Å². The third-order valence-electron chi connectivity index (χ3n) is 2.31. The fraction of sp³-hybridized carbons (Fsp3) is 0.500. The summed E-state index contributed by atoms with van der Waals surface area (Å²) in [5, 5.41) is 0. The fourth-order valence-corrected chi connectivity index (χ4v) is 2.29. The molecule has 1 aromatic rings. The first-order valence-electron chi connectivity index (χ1n) is 5.22. The van der Waals surface area contributed by atoms with E-state index in [9.17, 15) is 0 Å². The molecule has 0 unspecified atom stereocenters. The summed E-state index contributed by atoms with van der Waals surface area (Å²) in [5.41, 5.74) is 4.27. The Bertz CT molecular complexity index is 296. The van der Waals surface area contributed by atoms with Crippen molar-refractivity contribution >= 4 is 17.6 Å². The first-order chi connectivity index (χ1) is 6.81. The van der Waals surface area contributed by atoms with E-state index in [-0.39, 0.29) is 0 Å². The van der Waals surface area contributed by atoms with E-state index in [1.807, 2.05) is 25.8 Å². The van der Waals surface area contributed by atoms with Gasteiger partial charge in [-0.2, -0.15) is 0 Å². The van der Waals surface area contributed by atoms with Crippen LogP contribution in [0.2, 0.25) is 0 Å². The van der Waals surface area contributed by atoms with Crippen LogP contribution in [-0.4, -0.2) is 12.8 Å². The quantitative estimate of drug-likeness (QED) is 0.649.